The third-order valence-electron chi connectivity index (χ3n) is 5.09. The Morgan fingerprint density at radius 2 is 2.10 bits per heavy atom. The van der Waals surface area contributed by atoms with Crippen molar-refractivity contribution in [3.63, 3.8) is 0 Å². The van der Waals surface area contributed by atoms with E-state index in [1.165, 1.54) is 19.3 Å². The molecule has 0 N–H and O–H groups in total. The maximum absolute atomic E-state index is 12.6. The van der Waals surface area contributed by atoms with E-state index < -0.39 is 0 Å². The average molecular weight is 288 g/mol. The molecule has 1 aliphatic rings. The number of hydrogen-bond donors (Lipinski definition) is 0. The molecular formula is C17H24N2O2. The van der Waals surface area contributed by atoms with Gasteiger partial charge in [0.25, 0.3) is 5.91 Å². The van der Waals surface area contributed by atoms with Gasteiger partial charge in [-0.2, -0.15) is 5.26 Å². The average Bonchev–Trinajstić information content (AvgIpc) is 2.75. The Hall–Kier alpha value is -1.76. The highest BCUT2D eigenvalue weighted by Crippen LogP contribution is 2.38. The summed E-state index contributed by atoms with van der Waals surface area (Å²) in [6, 6.07) is 3.52. The molecule has 2 heterocycles. The fourth-order valence-electron chi connectivity index (χ4n) is 3.33. The molecule has 1 fully saturated rings. The lowest BCUT2D eigenvalue weighted by Crippen LogP contribution is -2.32. The number of furan rings is 1. The molecule has 1 aliphatic heterocycles. The molecule has 0 bridgehead atoms. The number of rotatable bonds is 3. The van der Waals surface area contributed by atoms with Crippen molar-refractivity contribution >= 4 is 5.91 Å². The van der Waals surface area contributed by atoms with Crippen LogP contribution in [-0.2, 0) is 0 Å². The first-order chi connectivity index (χ1) is 10.0. The fourth-order valence-corrected chi connectivity index (χ4v) is 3.33. The topological polar surface area (TPSA) is 57.2 Å². The van der Waals surface area contributed by atoms with Crippen molar-refractivity contribution in [3.05, 3.63) is 23.2 Å². The van der Waals surface area contributed by atoms with E-state index >= 15 is 0 Å². The van der Waals surface area contributed by atoms with Crippen LogP contribution in [0.4, 0.5) is 0 Å². The number of amides is 1. The van der Waals surface area contributed by atoms with E-state index in [9.17, 15) is 4.79 Å². The van der Waals surface area contributed by atoms with E-state index in [1.54, 1.807) is 13.0 Å². The minimum Gasteiger partial charge on any atom is -0.450 e. The van der Waals surface area contributed by atoms with Gasteiger partial charge in [-0.3, -0.25) is 4.79 Å². The van der Waals surface area contributed by atoms with Crippen LogP contribution in [0.1, 0.15) is 67.8 Å². The second kappa shape index (κ2) is 6.34. The van der Waals surface area contributed by atoms with Crippen molar-refractivity contribution < 1.29 is 9.21 Å². The molecule has 114 valence electrons. The second-order valence-electron chi connectivity index (χ2n) is 6.05. The number of nitrogens with zero attached hydrogens (tertiary/aromatic N) is 2. The quantitative estimate of drug-likeness (QED) is 0.847. The Balaban J connectivity index is 2.13. The summed E-state index contributed by atoms with van der Waals surface area (Å²) < 4.78 is 5.28. The van der Waals surface area contributed by atoms with Gasteiger partial charge >= 0.3 is 0 Å². The van der Waals surface area contributed by atoms with Gasteiger partial charge in [-0.1, -0.05) is 26.7 Å². The first kappa shape index (κ1) is 15.6. The number of carbonyl (C=O) groups is 1. The van der Waals surface area contributed by atoms with Crippen LogP contribution in [-0.4, -0.2) is 23.9 Å². The summed E-state index contributed by atoms with van der Waals surface area (Å²) in [5.41, 5.74) is 0.921. The van der Waals surface area contributed by atoms with Crippen LogP contribution in [0, 0.1) is 23.7 Å². The van der Waals surface area contributed by atoms with Crippen molar-refractivity contribution in [2.24, 2.45) is 5.41 Å². The molecule has 1 saturated heterocycles. The lowest BCUT2D eigenvalue weighted by atomic mass is 9.76. The van der Waals surface area contributed by atoms with Crippen LogP contribution in [0.2, 0.25) is 0 Å². The first-order valence-electron chi connectivity index (χ1n) is 7.85. The summed E-state index contributed by atoms with van der Waals surface area (Å²) in [6.07, 6.45) is 5.66. The summed E-state index contributed by atoms with van der Waals surface area (Å²) in [6.45, 7) is 7.84. The lowest BCUT2D eigenvalue weighted by molar-refractivity contribution is 0.0752. The van der Waals surface area contributed by atoms with Gasteiger partial charge in [0, 0.05) is 19.2 Å². The molecule has 0 atom stereocenters. The van der Waals surface area contributed by atoms with Crippen LogP contribution in [0.25, 0.3) is 0 Å². The zero-order chi connectivity index (χ0) is 15.5. The molecule has 1 aromatic rings. The van der Waals surface area contributed by atoms with E-state index in [1.807, 2.05) is 11.0 Å². The smallest absolute Gasteiger partial charge is 0.257 e. The number of aryl methyl sites for hydroxylation is 1. The SMILES string of the molecule is CCC1(CC)CCCN(C(=O)c2cc(C#N)oc2C)CC1. The molecule has 4 nitrogen and oxygen atoms in total. The Morgan fingerprint density at radius 1 is 1.38 bits per heavy atom. The first-order valence-corrected chi connectivity index (χ1v) is 7.85. The fraction of sp³-hybridized carbons (Fsp3) is 0.647. The number of hydrogen-bond acceptors (Lipinski definition) is 3. The van der Waals surface area contributed by atoms with Gasteiger partial charge in [0.05, 0.1) is 5.56 Å². The second-order valence-corrected chi connectivity index (χ2v) is 6.05. The van der Waals surface area contributed by atoms with Crippen molar-refractivity contribution in [2.75, 3.05) is 13.1 Å². The van der Waals surface area contributed by atoms with E-state index in [-0.39, 0.29) is 11.7 Å². The molecule has 0 aromatic carbocycles. The highest BCUT2D eigenvalue weighted by molar-refractivity contribution is 5.95. The molecular weight excluding hydrogens is 264 g/mol. The number of nitriles is 1. The highest BCUT2D eigenvalue weighted by Gasteiger charge is 2.31. The van der Waals surface area contributed by atoms with Gasteiger partial charge in [0.15, 0.2) is 0 Å². The van der Waals surface area contributed by atoms with Crippen molar-refractivity contribution in [2.45, 2.75) is 52.9 Å². The summed E-state index contributed by atoms with van der Waals surface area (Å²) in [4.78, 5) is 14.6. The maximum atomic E-state index is 12.6. The van der Waals surface area contributed by atoms with Crippen molar-refractivity contribution in [3.8, 4) is 6.07 Å². The van der Waals surface area contributed by atoms with Gasteiger partial charge < -0.3 is 9.32 Å². The molecule has 0 aliphatic carbocycles. The van der Waals surface area contributed by atoms with E-state index in [2.05, 4.69) is 13.8 Å². The third kappa shape index (κ3) is 3.12. The molecule has 21 heavy (non-hydrogen) atoms. The van der Waals surface area contributed by atoms with Crippen LogP contribution in [0.3, 0.4) is 0 Å². The molecule has 2 rings (SSSR count). The molecule has 1 amide bonds. The standard InChI is InChI=1S/C17H24N2O2/c1-4-17(5-2)7-6-9-19(10-8-17)16(20)15-11-14(12-18)21-13(15)3/h11H,4-10H2,1-3H3. The van der Waals surface area contributed by atoms with Crippen LogP contribution in [0.5, 0.6) is 0 Å². The Morgan fingerprint density at radius 3 is 2.67 bits per heavy atom. The molecule has 0 saturated carbocycles. The van der Waals surface area contributed by atoms with Crippen molar-refractivity contribution in [1.82, 2.24) is 4.90 Å². The van der Waals surface area contributed by atoms with Gasteiger partial charge in [-0.05, 0) is 31.6 Å². The summed E-state index contributed by atoms with van der Waals surface area (Å²) in [5.74, 6) is 0.751. The highest BCUT2D eigenvalue weighted by atomic mass is 16.3. The van der Waals surface area contributed by atoms with Gasteiger partial charge in [0.2, 0.25) is 5.76 Å². The maximum Gasteiger partial charge on any atom is 0.257 e. The van der Waals surface area contributed by atoms with E-state index in [4.69, 9.17) is 9.68 Å². The van der Waals surface area contributed by atoms with Crippen molar-refractivity contribution in [1.29, 1.82) is 5.26 Å². The summed E-state index contributed by atoms with van der Waals surface area (Å²) >= 11 is 0. The number of likely N-dealkylation sites (tertiary alicyclic amines) is 1. The largest absolute Gasteiger partial charge is 0.450 e. The zero-order valence-electron chi connectivity index (χ0n) is 13.2. The van der Waals surface area contributed by atoms with Gasteiger partial charge in [0.1, 0.15) is 11.8 Å². The van der Waals surface area contributed by atoms with Crippen LogP contribution in [0.15, 0.2) is 10.5 Å². The Bertz CT molecular complexity index is 550. The monoisotopic (exact) mass is 288 g/mol. The minimum atomic E-state index is 0.000700. The lowest BCUT2D eigenvalue weighted by Gasteiger charge is -2.30. The Labute approximate surface area is 126 Å². The normalized spacial score (nSPS) is 18.1. The predicted molar refractivity (Wildman–Crippen MR) is 80.9 cm³/mol. The molecule has 0 unspecified atom stereocenters. The van der Waals surface area contributed by atoms with E-state index in [0.29, 0.717) is 16.7 Å². The zero-order valence-corrected chi connectivity index (χ0v) is 13.2. The predicted octanol–water partition coefficient (Wildman–Crippen LogP) is 3.89. The summed E-state index contributed by atoms with van der Waals surface area (Å²) in [5, 5.41) is 8.88. The Kier molecular flexibility index (Phi) is 4.72. The summed E-state index contributed by atoms with van der Waals surface area (Å²) in [7, 11) is 0. The number of carbonyl (C=O) groups excluding carboxylic acids is 1. The minimum absolute atomic E-state index is 0.000700. The molecule has 0 radical (unpaired) electrons. The molecule has 1 aromatic heterocycles. The van der Waals surface area contributed by atoms with Gasteiger partial charge in [-0.25, -0.2) is 0 Å². The van der Waals surface area contributed by atoms with Crippen LogP contribution >= 0.6 is 0 Å². The van der Waals surface area contributed by atoms with Crippen LogP contribution < -0.4 is 0 Å². The molecule has 0 spiro atoms. The third-order valence-corrected chi connectivity index (χ3v) is 5.09. The van der Waals surface area contributed by atoms with E-state index in [0.717, 1.165) is 25.9 Å². The van der Waals surface area contributed by atoms with Gasteiger partial charge in [-0.15, -0.1) is 0 Å². The molecule has 4 heteroatoms.